The summed E-state index contributed by atoms with van der Waals surface area (Å²) in [7, 11) is 0. The maximum atomic E-state index is 5.73. The fourth-order valence-corrected chi connectivity index (χ4v) is 2.96. The van der Waals surface area contributed by atoms with Gasteiger partial charge >= 0.3 is 0 Å². The van der Waals surface area contributed by atoms with Crippen LogP contribution in [0.5, 0.6) is 0 Å². The van der Waals surface area contributed by atoms with E-state index < -0.39 is 0 Å². The first kappa shape index (κ1) is 14.0. The van der Waals surface area contributed by atoms with Crippen molar-refractivity contribution >= 4 is 0 Å². The Morgan fingerprint density at radius 3 is 2.25 bits per heavy atom. The molecule has 1 aliphatic rings. The summed E-state index contributed by atoms with van der Waals surface area (Å²) in [6, 6.07) is 0.574. The molecule has 1 fully saturated rings. The minimum Gasteiger partial charge on any atom is -0.271 e. The molecule has 2 heteroatoms. The van der Waals surface area contributed by atoms with Gasteiger partial charge in [-0.15, -0.1) is 0 Å². The van der Waals surface area contributed by atoms with Crippen LogP contribution in [-0.4, -0.2) is 6.04 Å². The highest BCUT2D eigenvalue weighted by Gasteiger charge is 2.20. The molecule has 96 valence electrons. The largest absolute Gasteiger partial charge is 0.271 e. The molecule has 1 unspecified atom stereocenters. The minimum atomic E-state index is 0.574. The summed E-state index contributed by atoms with van der Waals surface area (Å²) in [6.07, 6.45) is 15.2. The van der Waals surface area contributed by atoms with Gasteiger partial charge in [0.25, 0.3) is 0 Å². The van der Waals surface area contributed by atoms with Crippen molar-refractivity contribution in [1.82, 2.24) is 5.43 Å². The van der Waals surface area contributed by atoms with Crippen LogP contribution in [0.4, 0.5) is 0 Å². The smallest absolute Gasteiger partial charge is 0.0238 e. The summed E-state index contributed by atoms with van der Waals surface area (Å²) in [6.45, 7) is 2.26. The number of unbranched alkanes of at least 4 members (excludes halogenated alkanes) is 2. The Morgan fingerprint density at radius 2 is 1.69 bits per heavy atom. The fourth-order valence-electron chi connectivity index (χ4n) is 2.96. The van der Waals surface area contributed by atoms with E-state index in [4.69, 9.17) is 5.84 Å². The van der Waals surface area contributed by atoms with E-state index in [2.05, 4.69) is 12.3 Å². The minimum absolute atomic E-state index is 0.574. The Balaban J connectivity index is 2.29. The van der Waals surface area contributed by atoms with Crippen LogP contribution in [0, 0.1) is 5.92 Å². The molecule has 0 heterocycles. The summed E-state index contributed by atoms with van der Waals surface area (Å²) >= 11 is 0. The molecule has 0 radical (unpaired) electrons. The predicted octanol–water partition coefficient (Wildman–Crippen LogP) is 3.76. The zero-order valence-corrected chi connectivity index (χ0v) is 11.0. The molecule has 0 spiro atoms. The van der Waals surface area contributed by atoms with Gasteiger partial charge in [-0.05, 0) is 25.2 Å². The third kappa shape index (κ3) is 5.31. The number of nitrogens with one attached hydrogen (secondary N) is 1. The lowest BCUT2D eigenvalue weighted by molar-refractivity contribution is 0.270. The maximum absolute atomic E-state index is 5.73. The molecule has 1 rings (SSSR count). The second-order valence-electron chi connectivity index (χ2n) is 5.37. The van der Waals surface area contributed by atoms with E-state index in [1.807, 2.05) is 0 Å². The number of rotatable bonds is 6. The van der Waals surface area contributed by atoms with Gasteiger partial charge in [0, 0.05) is 6.04 Å². The average Bonchev–Trinajstić information content (AvgIpc) is 2.25. The summed E-state index contributed by atoms with van der Waals surface area (Å²) in [5.41, 5.74) is 3.08. The van der Waals surface area contributed by atoms with Crippen molar-refractivity contribution in [2.24, 2.45) is 11.8 Å². The molecule has 0 saturated heterocycles. The molecule has 16 heavy (non-hydrogen) atoms. The zero-order valence-electron chi connectivity index (χ0n) is 11.0. The van der Waals surface area contributed by atoms with Gasteiger partial charge in [0.1, 0.15) is 0 Å². The molecule has 2 nitrogen and oxygen atoms in total. The monoisotopic (exact) mass is 226 g/mol. The van der Waals surface area contributed by atoms with Gasteiger partial charge in [-0.1, -0.05) is 58.3 Å². The molecule has 1 saturated carbocycles. The van der Waals surface area contributed by atoms with Crippen molar-refractivity contribution in [3.63, 3.8) is 0 Å². The van der Waals surface area contributed by atoms with E-state index in [-0.39, 0.29) is 0 Å². The van der Waals surface area contributed by atoms with Crippen LogP contribution >= 0.6 is 0 Å². The van der Waals surface area contributed by atoms with Crippen molar-refractivity contribution in [1.29, 1.82) is 0 Å². The third-order valence-corrected chi connectivity index (χ3v) is 4.05. The Hall–Kier alpha value is -0.0800. The SMILES string of the molecule is CCCCCC(NN)C1CCCCCCC1. The van der Waals surface area contributed by atoms with Crippen LogP contribution in [0.25, 0.3) is 0 Å². The molecule has 0 aromatic rings. The molecule has 0 bridgehead atoms. The molecular formula is C14H30N2. The highest BCUT2D eigenvalue weighted by molar-refractivity contribution is 4.76. The van der Waals surface area contributed by atoms with E-state index >= 15 is 0 Å². The average molecular weight is 226 g/mol. The first-order chi connectivity index (χ1) is 7.88. The second kappa shape index (κ2) is 9.00. The molecule has 0 aromatic carbocycles. The normalized spacial score (nSPS) is 21.4. The lowest BCUT2D eigenvalue weighted by Crippen LogP contribution is -2.41. The maximum Gasteiger partial charge on any atom is 0.0238 e. The van der Waals surface area contributed by atoms with Gasteiger partial charge in [-0.3, -0.25) is 11.3 Å². The van der Waals surface area contributed by atoms with E-state index in [9.17, 15) is 0 Å². The van der Waals surface area contributed by atoms with Crippen LogP contribution < -0.4 is 11.3 Å². The van der Waals surface area contributed by atoms with Crippen LogP contribution in [-0.2, 0) is 0 Å². The van der Waals surface area contributed by atoms with Crippen molar-refractivity contribution in [2.45, 2.75) is 83.6 Å². The Kier molecular flexibility index (Phi) is 7.87. The van der Waals surface area contributed by atoms with Crippen molar-refractivity contribution in [3.8, 4) is 0 Å². The second-order valence-corrected chi connectivity index (χ2v) is 5.37. The van der Waals surface area contributed by atoms with Gasteiger partial charge in [0.2, 0.25) is 0 Å². The van der Waals surface area contributed by atoms with Gasteiger partial charge in [0.05, 0.1) is 0 Å². The van der Waals surface area contributed by atoms with Crippen LogP contribution in [0.3, 0.4) is 0 Å². The van der Waals surface area contributed by atoms with Crippen LogP contribution in [0.15, 0.2) is 0 Å². The van der Waals surface area contributed by atoms with E-state index in [0.717, 1.165) is 5.92 Å². The third-order valence-electron chi connectivity index (χ3n) is 4.05. The standard InChI is InChI=1S/C14H30N2/c1-2-3-7-12-14(16-15)13-10-8-5-4-6-9-11-13/h13-14,16H,2-12,15H2,1H3. The lowest BCUT2D eigenvalue weighted by atomic mass is 9.84. The number of nitrogens with two attached hydrogens (primary N) is 1. The highest BCUT2D eigenvalue weighted by atomic mass is 15.2. The molecule has 1 aliphatic carbocycles. The lowest BCUT2D eigenvalue weighted by Gasteiger charge is -2.28. The van der Waals surface area contributed by atoms with Crippen LogP contribution in [0.1, 0.15) is 77.6 Å². The van der Waals surface area contributed by atoms with E-state index in [0.29, 0.717) is 6.04 Å². The topological polar surface area (TPSA) is 38.0 Å². The molecule has 0 amide bonds. The van der Waals surface area contributed by atoms with E-state index in [1.54, 1.807) is 0 Å². The summed E-state index contributed by atoms with van der Waals surface area (Å²) in [5, 5.41) is 0. The molecule has 0 aliphatic heterocycles. The molecule has 1 atom stereocenters. The fraction of sp³-hybridized carbons (Fsp3) is 1.00. The van der Waals surface area contributed by atoms with Crippen LogP contribution in [0.2, 0.25) is 0 Å². The van der Waals surface area contributed by atoms with Crippen molar-refractivity contribution < 1.29 is 0 Å². The Morgan fingerprint density at radius 1 is 1.06 bits per heavy atom. The molecule has 0 aromatic heterocycles. The van der Waals surface area contributed by atoms with Crippen molar-refractivity contribution in [3.05, 3.63) is 0 Å². The van der Waals surface area contributed by atoms with Gasteiger partial charge in [-0.2, -0.15) is 0 Å². The predicted molar refractivity (Wildman–Crippen MR) is 71.1 cm³/mol. The summed E-state index contributed by atoms with van der Waals surface area (Å²) in [5.74, 6) is 6.56. The zero-order chi connectivity index (χ0) is 11.6. The van der Waals surface area contributed by atoms with Crippen molar-refractivity contribution in [2.75, 3.05) is 0 Å². The van der Waals surface area contributed by atoms with Gasteiger partial charge in [-0.25, -0.2) is 0 Å². The number of hydrazine groups is 1. The highest BCUT2D eigenvalue weighted by Crippen LogP contribution is 2.26. The summed E-state index contributed by atoms with van der Waals surface area (Å²) in [4.78, 5) is 0. The first-order valence-electron chi connectivity index (χ1n) is 7.34. The Labute approximate surface area is 101 Å². The molecule has 3 N–H and O–H groups in total. The van der Waals surface area contributed by atoms with E-state index in [1.165, 1.54) is 70.6 Å². The number of hydrogen-bond acceptors (Lipinski definition) is 2. The number of hydrogen-bond donors (Lipinski definition) is 2. The summed E-state index contributed by atoms with van der Waals surface area (Å²) < 4.78 is 0. The first-order valence-corrected chi connectivity index (χ1v) is 7.34. The van der Waals surface area contributed by atoms with Gasteiger partial charge in [0.15, 0.2) is 0 Å². The van der Waals surface area contributed by atoms with Gasteiger partial charge < -0.3 is 0 Å². The quantitative estimate of drug-likeness (QED) is 0.411. The Bertz CT molecular complexity index is 151. The molecular weight excluding hydrogens is 196 g/mol.